The highest BCUT2D eigenvalue weighted by molar-refractivity contribution is 4.97. The highest BCUT2D eigenvalue weighted by Gasteiger charge is 2.48. The second kappa shape index (κ2) is 5.48. The van der Waals surface area contributed by atoms with Crippen molar-refractivity contribution in [2.75, 3.05) is 26.3 Å². The first-order valence-electron chi connectivity index (χ1n) is 8.91. The van der Waals surface area contributed by atoms with Gasteiger partial charge in [-0.05, 0) is 50.6 Å². The van der Waals surface area contributed by atoms with Crippen LogP contribution in [0.15, 0.2) is 0 Å². The van der Waals surface area contributed by atoms with E-state index < -0.39 is 0 Å². The molecule has 4 rings (SSSR count). The number of hydrogen-bond donors (Lipinski definition) is 1. The Labute approximate surface area is 127 Å². The van der Waals surface area contributed by atoms with Crippen LogP contribution in [0.5, 0.6) is 0 Å². The lowest BCUT2D eigenvalue weighted by atomic mass is 9.75. The maximum Gasteiger partial charge on any atom is 0.170 e. The summed E-state index contributed by atoms with van der Waals surface area (Å²) in [5.41, 5.74) is 0.647. The number of hydrogen-bond acceptors (Lipinski definition) is 4. The molecule has 2 aliphatic heterocycles. The molecule has 2 saturated heterocycles. The Morgan fingerprint density at radius 1 is 0.905 bits per heavy atom. The molecule has 4 nitrogen and oxygen atoms in total. The van der Waals surface area contributed by atoms with E-state index in [4.69, 9.17) is 9.47 Å². The van der Waals surface area contributed by atoms with Crippen molar-refractivity contribution in [1.29, 1.82) is 0 Å². The van der Waals surface area contributed by atoms with E-state index in [-0.39, 0.29) is 17.9 Å². The molecule has 0 aromatic heterocycles. The average molecular weight is 295 g/mol. The highest BCUT2D eigenvalue weighted by atomic mass is 16.7. The second-order valence-corrected chi connectivity index (χ2v) is 7.73. The third-order valence-electron chi connectivity index (χ3n) is 6.59. The lowest BCUT2D eigenvalue weighted by Crippen LogP contribution is -2.55. The van der Waals surface area contributed by atoms with Crippen LogP contribution in [0.2, 0.25) is 0 Å². The molecule has 4 aliphatic rings. The van der Waals surface area contributed by atoms with Gasteiger partial charge in [0.15, 0.2) is 5.79 Å². The molecule has 0 aromatic carbocycles. The number of aliphatic hydroxyl groups excluding tert-OH is 1. The summed E-state index contributed by atoms with van der Waals surface area (Å²) in [5, 5.41) is 10.5. The molecule has 120 valence electrons. The van der Waals surface area contributed by atoms with Gasteiger partial charge in [-0.15, -0.1) is 0 Å². The Morgan fingerprint density at radius 2 is 1.57 bits per heavy atom. The van der Waals surface area contributed by atoms with Crippen molar-refractivity contribution in [2.45, 2.75) is 75.7 Å². The van der Waals surface area contributed by atoms with Crippen LogP contribution in [-0.2, 0) is 9.47 Å². The van der Waals surface area contributed by atoms with Gasteiger partial charge in [0.05, 0.1) is 19.3 Å². The Bertz CT molecular complexity index is 364. The molecule has 4 fully saturated rings. The fraction of sp³-hybridized carbons (Fsp3) is 1.00. The Hall–Kier alpha value is -0.160. The largest absolute Gasteiger partial charge is 0.391 e. The summed E-state index contributed by atoms with van der Waals surface area (Å²) >= 11 is 0. The Kier molecular flexibility index (Phi) is 3.77. The zero-order chi connectivity index (χ0) is 14.3. The molecule has 0 radical (unpaired) electrons. The van der Waals surface area contributed by atoms with Gasteiger partial charge in [-0.2, -0.15) is 0 Å². The second-order valence-electron chi connectivity index (χ2n) is 7.73. The number of rotatable bonds is 1. The number of nitrogens with zero attached hydrogens (tertiary/aromatic N) is 1. The van der Waals surface area contributed by atoms with E-state index in [1.165, 1.54) is 38.5 Å². The standard InChI is InChI=1S/C17H29NO3/c19-15-3-6-17(20-11-12-21-17)13-14(15)18-9-7-16(8-10-18)4-1-2-5-16/h14-15,19H,1-13H2. The summed E-state index contributed by atoms with van der Waals surface area (Å²) in [6.45, 7) is 3.73. The predicted molar refractivity (Wildman–Crippen MR) is 80.0 cm³/mol. The third-order valence-corrected chi connectivity index (χ3v) is 6.59. The van der Waals surface area contributed by atoms with Crippen LogP contribution in [0.4, 0.5) is 0 Å². The third kappa shape index (κ3) is 2.65. The fourth-order valence-electron chi connectivity index (χ4n) is 5.20. The van der Waals surface area contributed by atoms with Gasteiger partial charge in [0.25, 0.3) is 0 Å². The average Bonchev–Trinajstić information content (AvgIpc) is 3.14. The van der Waals surface area contributed by atoms with Crippen LogP contribution in [0.25, 0.3) is 0 Å². The molecule has 1 N–H and O–H groups in total. The van der Waals surface area contributed by atoms with Crippen LogP contribution in [-0.4, -0.2) is 54.2 Å². The number of ether oxygens (including phenoxy) is 2. The molecule has 0 aromatic rings. The minimum absolute atomic E-state index is 0.207. The van der Waals surface area contributed by atoms with E-state index in [0.717, 1.165) is 32.4 Å². The molecule has 21 heavy (non-hydrogen) atoms. The molecule has 2 atom stereocenters. The molecule has 2 heterocycles. The maximum atomic E-state index is 10.5. The van der Waals surface area contributed by atoms with Crippen LogP contribution in [0.1, 0.15) is 57.8 Å². The lowest BCUT2D eigenvalue weighted by molar-refractivity contribution is -0.207. The molecule has 2 aliphatic carbocycles. The minimum Gasteiger partial charge on any atom is -0.391 e. The number of likely N-dealkylation sites (tertiary alicyclic amines) is 1. The van der Waals surface area contributed by atoms with Crippen LogP contribution in [0, 0.1) is 5.41 Å². The van der Waals surface area contributed by atoms with Gasteiger partial charge in [0.2, 0.25) is 0 Å². The van der Waals surface area contributed by atoms with Gasteiger partial charge < -0.3 is 14.6 Å². The van der Waals surface area contributed by atoms with Crippen molar-refractivity contribution in [3.05, 3.63) is 0 Å². The summed E-state index contributed by atoms with van der Waals surface area (Å²) in [4.78, 5) is 2.53. The van der Waals surface area contributed by atoms with Gasteiger partial charge in [-0.1, -0.05) is 12.8 Å². The molecule has 0 bridgehead atoms. The fourth-order valence-corrected chi connectivity index (χ4v) is 5.20. The molecule has 2 unspecified atom stereocenters. The number of piperidine rings is 1. The van der Waals surface area contributed by atoms with Crippen LogP contribution < -0.4 is 0 Å². The van der Waals surface area contributed by atoms with E-state index in [9.17, 15) is 5.11 Å². The van der Waals surface area contributed by atoms with Crippen molar-refractivity contribution in [1.82, 2.24) is 4.90 Å². The first-order valence-corrected chi connectivity index (χ1v) is 8.91. The molecule has 4 heteroatoms. The molecular weight excluding hydrogens is 266 g/mol. The molecule has 2 saturated carbocycles. The van der Waals surface area contributed by atoms with Gasteiger partial charge in [0.1, 0.15) is 0 Å². The maximum absolute atomic E-state index is 10.5. The lowest BCUT2D eigenvalue weighted by Gasteiger charge is -2.48. The molecule has 2 spiro atoms. The van der Waals surface area contributed by atoms with Crippen molar-refractivity contribution >= 4 is 0 Å². The molecule has 0 amide bonds. The summed E-state index contributed by atoms with van der Waals surface area (Å²) in [6.07, 6.45) is 10.7. The first-order chi connectivity index (χ1) is 10.2. The summed E-state index contributed by atoms with van der Waals surface area (Å²) in [7, 11) is 0. The zero-order valence-corrected chi connectivity index (χ0v) is 13.1. The van der Waals surface area contributed by atoms with E-state index in [2.05, 4.69) is 4.90 Å². The van der Waals surface area contributed by atoms with Crippen molar-refractivity contribution in [2.24, 2.45) is 5.41 Å². The quantitative estimate of drug-likeness (QED) is 0.806. The first kappa shape index (κ1) is 14.4. The van der Waals surface area contributed by atoms with E-state index in [1.54, 1.807) is 0 Å². The van der Waals surface area contributed by atoms with Gasteiger partial charge in [0, 0.05) is 18.9 Å². The smallest absolute Gasteiger partial charge is 0.170 e. The summed E-state index contributed by atoms with van der Waals surface area (Å²) < 4.78 is 11.8. The van der Waals surface area contributed by atoms with E-state index >= 15 is 0 Å². The zero-order valence-electron chi connectivity index (χ0n) is 13.1. The Morgan fingerprint density at radius 3 is 2.24 bits per heavy atom. The van der Waals surface area contributed by atoms with E-state index in [0.29, 0.717) is 18.6 Å². The van der Waals surface area contributed by atoms with Gasteiger partial charge in [-0.3, -0.25) is 4.90 Å². The normalized spacial score (nSPS) is 39.3. The topological polar surface area (TPSA) is 41.9 Å². The van der Waals surface area contributed by atoms with Crippen molar-refractivity contribution in [3.63, 3.8) is 0 Å². The van der Waals surface area contributed by atoms with E-state index in [1.807, 2.05) is 0 Å². The van der Waals surface area contributed by atoms with Crippen molar-refractivity contribution < 1.29 is 14.6 Å². The van der Waals surface area contributed by atoms with Crippen molar-refractivity contribution in [3.8, 4) is 0 Å². The number of aliphatic hydroxyl groups is 1. The summed E-state index contributed by atoms with van der Waals surface area (Å²) in [6, 6.07) is 0.232. The minimum atomic E-state index is -0.383. The predicted octanol–water partition coefficient (Wildman–Crippen LogP) is 2.30. The molecular formula is C17H29NO3. The Balaban J connectivity index is 1.41. The van der Waals surface area contributed by atoms with Gasteiger partial charge >= 0.3 is 0 Å². The summed E-state index contributed by atoms with van der Waals surface area (Å²) in [5.74, 6) is -0.383. The monoisotopic (exact) mass is 295 g/mol. The van der Waals surface area contributed by atoms with Gasteiger partial charge in [-0.25, -0.2) is 0 Å². The van der Waals surface area contributed by atoms with Crippen LogP contribution in [0.3, 0.4) is 0 Å². The highest BCUT2D eigenvalue weighted by Crippen LogP contribution is 2.47. The van der Waals surface area contributed by atoms with Crippen LogP contribution >= 0.6 is 0 Å². The SMILES string of the molecule is OC1CCC2(CC1N1CCC3(CCCC3)CC1)OCCO2.